The number of carbonyl (C=O) groups excluding carboxylic acids is 1. The van der Waals surface area contributed by atoms with Gasteiger partial charge in [-0.2, -0.15) is 15.4 Å². The van der Waals surface area contributed by atoms with Crippen molar-refractivity contribution in [1.82, 2.24) is 25.3 Å². The van der Waals surface area contributed by atoms with E-state index in [0.29, 0.717) is 24.2 Å². The van der Waals surface area contributed by atoms with Crippen molar-refractivity contribution >= 4 is 5.91 Å². The van der Waals surface area contributed by atoms with Crippen LogP contribution in [0.25, 0.3) is 11.3 Å². The molecular weight excluding hydrogens is 330 g/mol. The number of hydrogen-bond acceptors (Lipinski definition) is 5. The first-order valence-corrected chi connectivity index (χ1v) is 8.47. The van der Waals surface area contributed by atoms with E-state index >= 15 is 0 Å². The average Bonchev–Trinajstić information content (AvgIpc) is 3.33. The molecule has 7 heteroatoms. The SMILES string of the molecule is Cc1c(C(=O)N2CCC(O)(c3cn[nH]n3)C2)cccc1-c1ccccn1. The van der Waals surface area contributed by atoms with Crippen LogP contribution in [0.3, 0.4) is 0 Å². The predicted octanol–water partition coefficient (Wildman–Crippen LogP) is 1.91. The van der Waals surface area contributed by atoms with Gasteiger partial charge in [0, 0.05) is 30.3 Å². The summed E-state index contributed by atoms with van der Waals surface area (Å²) in [7, 11) is 0. The standard InChI is InChI=1S/C19H19N5O2/c1-13-14(16-7-2-3-9-20-16)5-4-6-15(13)18(25)24-10-8-19(26,12-24)17-11-21-23-22-17/h2-7,9,11,26H,8,10,12H2,1H3,(H,21,22,23). The average molecular weight is 349 g/mol. The topological polar surface area (TPSA) is 95.0 Å². The Kier molecular flexibility index (Phi) is 4.00. The maximum atomic E-state index is 13.1. The first-order chi connectivity index (χ1) is 12.6. The molecule has 0 bridgehead atoms. The molecule has 0 saturated carbocycles. The lowest BCUT2D eigenvalue weighted by atomic mass is 9.98. The van der Waals surface area contributed by atoms with E-state index < -0.39 is 5.60 Å². The third-order valence-corrected chi connectivity index (χ3v) is 4.93. The molecule has 0 radical (unpaired) electrons. The maximum absolute atomic E-state index is 13.1. The third-order valence-electron chi connectivity index (χ3n) is 4.93. The summed E-state index contributed by atoms with van der Waals surface area (Å²) in [6.45, 7) is 2.60. The van der Waals surface area contributed by atoms with Crippen LogP contribution >= 0.6 is 0 Å². The molecule has 1 amide bonds. The van der Waals surface area contributed by atoms with Gasteiger partial charge >= 0.3 is 0 Å². The van der Waals surface area contributed by atoms with Gasteiger partial charge in [0.25, 0.3) is 5.91 Å². The molecule has 1 atom stereocenters. The molecule has 0 aliphatic carbocycles. The number of hydrogen-bond donors (Lipinski definition) is 2. The number of rotatable bonds is 3. The van der Waals surface area contributed by atoms with Crippen molar-refractivity contribution in [3.05, 3.63) is 65.6 Å². The van der Waals surface area contributed by atoms with Crippen LogP contribution in [-0.2, 0) is 5.60 Å². The quantitative estimate of drug-likeness (QED) is 0.753. The number of amides is 1. The highest BCUT2D eigenvalue weighted by atomic mass is 16.3. The zero-order valence-corrected chi connectivity index (χ0v) is 14.4. The maximum Gasteiger partial charge on any atom is 0.254 e. The van der Waals surface area contributed by atoms with Crippen LogP contribution in [-0.4, -0.2) is 49.4 Å². The number of aromatic nitrogens is 4. The second-order valence-corrected chi connectivity index (χ2v) is 6.56. The molecule has 2 N–H and O–H groups in total. The number of β-amino-alcohol motifs (C(OH)–C–C–N with tert-alkyl or cyclic N) is 1. The Morgan fingerprint density at radius 1 is 1.27 bits per heavy atom. The summed E-state index contributed by atoms with van der Waals surface area (Å²) < 4.78 is 0. The summed E-state index contributed by atoms with van der Waals surface area (Å²) >= 11 is 0. The molecule has 1 fully saturated rings. The fourth-order valence-corrected chi connectivity index (χ4v) is 3.44. The first-order valence-electron chi connectivity index (χ1n) is 8.47. The monoisotopic (exact) mass is 349 g/mol. The Bertz CT molecular complexity index is 926. The van der Waals surface area contributed by atoms with Gasteiger partial charge in [0.15, 0.2) is 0 Å². The molecule has 2 aromatic heterocycles. The van der Waals surface area contributed by atoms with Crippen LogP contribution < -0.4 is 0 Å². The number of likely N-dealkylation sites (tertiary alicyclic amines) is 1. The van der Waals surface area contributed by atoms with Crippen LogP contribution in [0.5, 0.6) is 0 Å². The van der Waals surface area contributed by atoms with E-state index in [9.17, 15) is 9.90 Å². The second-order valence-electron chi connectivity index (χ2n) is 6.56. The lowest BCUT2D eigenvalue weighted by Crippen LogP contribution is -2.35. The van der Waals surface area contributed by atoms with Gasteiger partial charge in [0.2, 0.25) is 0 Å². The Morgan fingerprint density at radius 2 is 2.15 bits per heavy atom. The summed E-state index contributed by atoms with van der Waals surface area (Å²) in [6, 6.07) is 11.4. The van der Waals surface area contributed by atoms with E-state index in [-0.39, 0.29) is 12.5 Å². The molecule has 3 aromatic rings. The molecule has 7 nitrogen and oxygen atoms in total. The van der Waals surface area contributed by atoms with E-state index in [1.807, 2.05) is 43.3 Å². The minimum atomic E-state index is -1.16. The third kappa shape index (κ3) is 2.76. The molecule has 1 aliphatic rings. The van der Waals surface area contributed by atoms with Crippen molar-refractivity contribution in [1.29, 1.82) is 0 Å². The van der Waals surface area contributed by atoms with Gasteiger partial charge in [-0.25, -0.2) is 0 Å². The van der Waals surface area contributed by atoms with E-state index in [4.69, 9.17) is 0 Å². The zero-order valence-electron chi connectivity index (χ0n) is 14.4. The molecule has 26 heavy (non-hydrogen) atoms. The van der Waals surface area contributed by atoms with Crippen molar-refractivity contribution in [2.24, 2.45) is 0 Å². The Hall–Kier alpha value is -3.06. The zero-order chi connectivity index (χ0) is 18.1. The molecule has 1 aromatic carbocycles. The van der Waals surface area contributed by atoms with Gasteiger partial charge in [-0.05, 0) is 30.7 Å². The van der Waals surface area contributed by atoms with E-state index in [0.717, 1.165) is 16.8 Å². The lowest BCUT2D eigenvalue weighted by Gasteiger charge is -2.22. The number of H-pyrrole nitrogens is 1. The van der Waals surface area contributed by atoms with Crippen molar-refractivity contribution < 1.29 is 9.90 Å². The van der Waals surface area contributed by atoms with E-state index in [1.165, 1.54) is 6.20 Å². The second kappa shape index (κ2) is 6.34. The van der Waals surface area contributed by atoms with Crippen LogP contribution in [0.15, 0.2) is 48.8 Å². The van der Waals surface area contributed by atoms with Crippen molar-refractivity contribution in [3.63, 3.8) is 0 Å². The number of benzene rings is 1. The van der Waals surface area contributed by atoms with Crippen molar-refractivity contribution in [2.45, 2.75) is 18.9 Å². The van der Waals surface area contributed by atoms with Gasteiger partial charge in [0.1, 0.15) is 11.3 Å². The number of aliphatic hydroxyl groups is 1. The molecule has 3 heterocycles. The van der Waals surface area contributed by atoms with Crippen molar-refractivity contribution in [3.8, 4) is 11.3 Å². The number of nitrogens with one attached hydrogen (secondary N) is 1. The summed E-state index contributed by atoms with van der Waals surface area (Å²) in [6.07, 6.45) is 3.67. The predicted molar refractivity (Wildman–Crippen MR) is 95.2 cm³/mol. The van der Waals surface area contributed by atoms with Crippen LogP contribution in [0.1, 0.15) is 28.0 Å². The molecule has 1 unspecified atom stereocenters. The molecule has 4 rings (SSSR count). The Balaban J connectivity index is 1.62. The minimum Gasteiger partial charge on any atom is -0.381 e. The minimum absolute atomic E-state index is 0.0975. The number of pyridine rings is 1. The lowest BCUT2D eigenvalue weighted by molar-refractivity contribution is 0.0382. The summed E-state index contributed by atoms with van der Waals surface area (Å²) in [5.74, 6) is -0.0975. The highest BCUT2D eigenvalue weighted by molar-refractivity contribution is 5.97. The van der Waals surface area contributed by atoms with Gasteiger partial charge in [-0.3, -0.25) is 9.78 Å². The van der Waals surface area contributed by atoms with Gasteiger partial charge in [-0.15, -0.1) is 0 Å². The summed E-state index contributed by atoms with van der Waals surface area (Å²) in [5, 5.41) is 21.0. The van der Waals surface area contributed by atoms with Crippen molar-refractivity contribution in [2.75, 3.05) is 13.1 Å². The highest BCUT2D eigenvalue weighted by Gasteiger charge is 2.42. The van der Waals surface area contributed by atoms with Gasteiger partial charge in [0.05, 0.1) is 18.4 Å². The molecule has 0 spiro atoms. The fraction of sp³-hybridized carbons (Fsp3) is 0.263. The molecule has 1 aliphatic heterocycles. The number of aromatic amines is 1. The highest BCUT2D eigenvalue weighted by Crippen LogP contribution is 2.32. The van der Waals surface area contributed by atoms with Gasteiger partial charge in [-0.1, -0.05) is 18.2 Å². The van der Waals surface area contributed by atoms with Crippen LogP contribution in [0.4, 0.5) is 0 Å². The van der Waals surface area contributed by atoms with Crippen LogP contribution in [0, 0.1) is 6.92 Å². The number of carbonyl (C=O) groups is 1. The fourth-order valence-electron chi connectivity index (χ4n) is 3.44. The smallest absolute Gasteiger partial charge is 0.254 e. The Labute approximate surface area is 150 Å². The van der Waals surface area contributed by atoms with E-state index in [1.54, 1.807) is 11.1 Å². The molecular formula is C19H19N5O2. The molecule has 1 saturated heterocycles. The van der Waals surface area contributed by atoms with E-state index in [2.05, 4.69) is 20.4 Å². The first kappa shape index (κ1) is 16.4. The summed E-state index contributed by atoms with van der Waals surface area (Å²) in [5.41, 5.74) is 2.58. The molecule has 132 valence electrons. The number of nitrogens with zero attached hydrogens (tertiary/aromatic N) is 4. The largest absolute Gasteiger partial charge is 0.381 e. The Morgan fingerprint density at radius 3 is 2.88 bits per heavy atom. The van der Waals surface area contributed by atoms with Crippen LogP contribution in [0.2, 0.25) is 0 Å². The summed E-state index contributed by atoms with van der Waals surface area (Å²) in [4.78, 5) is 19.1. The van der Waals surface area contributed by atoms with Gasteiger partial charge < -0.3 is 10.0 Å². The normalized spacial score (nSPS) is 19.7.